The minimum atomic E-state index is -0.911. The Hall–Kier alpha value is -2.53. The minimum Gasteiger partial charge on any atom is -0.489 e. The molecule has 2 aromatic carbocycles. The Balaban J connectivity index is 1.50. The number of carboxylic acids is 1. The van der Waals surface area contributed by atoms with Gasteiger partial charge in [0.05, 0.1) is 32.0 Å². The first-order chi connectivity index (χ1) is 12.4. The second kappa shape index (κ2) is 7.79. The predicted molar refractivity (Wildman–Crippen MR) is 98.0 cm³/mol. The average molecular weight is 356 g/mol. The third-order valence-corrected chi connectivity index (χ3v) is 4.25. The standard InChI is InChI=1S/C21H24O5/c1-21(2)13-25-18-8-5-16(11-19(18)26-14-21)12-24-10-9-15-3-6-17(7-4-15)20(22)23/h3-8,11H,9-10,12-14H2,1-2H3,(H,22,23). The molecule has 0 saturated carbocycles. The van der Waals surface area contributed by atoms with Gasteiger partial charge in [0.25, 0.3) is 0 Å². The van der Waals surface area contributed by atoms with Gasteiger partial charge in [-0.1, -0.05) is 32.0 Å². The van der Waals surface area contributed by atoms with E-state index in [-0.39, 0.29) is 5.41 Å². The number of hydrogen-bond donors (Lipinski definition) is 1. The van der Waals surface area contributed by atoms with Gasteiger partial charge in [-0.15, -0.1) is 0 Å². The highest BCUT2D eigenvalue weighted by atomic mass is 16.5. The lowest BCUT2D eigenvalue weighted by Crippen LogP contribution is -2.26. The predicted octanol–water partition coefficient (Wildman–Crippen LogP) is 3.94. The van der Waals surface area contributed by atoms with Crippen LogP contribution in [0.25, 0.3) is 0 Å². The molecule has 5 heteroatoms. The van der Waals surface area contributed by atoms with E-state index in [9.17, 15) is 4.79 Å². The molecule has 0 aliphatic carbocycles. The van der Waals surface area contributed by atoms with E-state index in [2.05, 4.69) is 13.8 Å². The Bertz CT molecular complexity index is 764. The summed E-state index contributed by atoms with van der Waals surface area (Å²) in [6.07, 6.45) is 0.735. The maximum absolute atomic E-state index is 10.8. The average Bonchev–Trinajstić information content (AvgIpc) is 2.77. The third-order valence-electron chi connectivity index (χ3n) is 4.25. The summed E-state index contributed by atoms with van der Waals surface area (Å²) in [4.78, 5) is 10.8. The molecule has 0 radical (unpaired) electrons. The zero-order chi connectivity index (χ0) is 18.6. The normalized spacial score (nSPS) is 15.3. The number of rotatable bonds is 6. The van der Waals surface area contributed by atoms with Crippen LogP contribution in [0.15, 0.2) is 42.5 Å². The molecule has 1 aliphatic rings. The molecule has 26 heavy (non-hydrogen) atoms. The SMILES string of the molecule is CC1(C)COc2ccc(COCCc3ccc(C(=O)O)cc3)cc2OC1. The first kappa shape index (κ1) is 18.3. The molecular weight excluding hydrogens is 332 g/mol. The number of ether oxygens (including phenoxy) is 3. The zero-order valence-corrected chi connectivity index (χ0v) is 15.2. The molecule has 0 spiro atoms. The summed E-state index contributed by atoms with van der Waals surface area (Å²) < 4.78 is 17.5. The van der Waals surface area contributed by atoms with Crippen molar-refractivity contribution in [3.05, 3.63) is 59.2 Å². The van der Waals surface area contributed by atoms with Crippen molar-refractivity contribution >= 4 is 5.97 Å². The van der Waals surface area contributed by atoms with Crippen LogP contribution in [0.1, 0.15) is 35.3 Å². The van der Waals surface area contributed by atoms with Crippen molar-refractivity contribution in [3.63, 3.8) is 0 Å². The molecule has 0 atom stereocenters. The van der Waals surface area contributed by atoms with E-state index in [0.29, 0.717) is 32.0 Å². The molecule has 0 unspecified atom stereocenters. The van der Waals surface area contributed by atoms with E-state index in [4.69, 9.17) is 19.3 Å². The maximum Gasteiger partial charge on any atom is 0.335 e. The number of hydrogen-bond acceptors (Lipinski definition) is 4. The largest absolute Gasteiger partial charge is 0.489 e. The second-order valence-corrected chi connectivity index (χ2v) is 7.33. The van der Waals surface area contributed by atoms with Crippen molar-refractivity contribution < 1.29 is 24.1 Å². The summed E-state index contributed by atoms with van der Waals surface area (Å²) in [5, 5.41) is 8.90. The fourth-order valence-electron chi connectivity index (χ4n) is 2.66. The fourth-order valence-corrected chi connectivity index (χ4v) is 2.66. The Morgan fingerprint density at radius 3 is 2.38 bits per heavy atom. The summed E-state index contributed by atoms with van der Waals surface area (Å²) in [6.45, 7) is 6.55. The van der Waals surface area contributed by atoms with Crippen LogP contribution >= 0.6 is 0 Å². The van der Waals surface area contributed by atoms with E-state index < -0.39 is 5.97 Å². The molecule has 1 heterocycles. The van der Waals surface area contributed by atoms with Crippen LogP contribution in [0, 0.1) is 5.41 Å². The van der Waals surface area contributed by atoms with Crippen LogP contribution in [0.2, 0.25) is 0 Å². The zero-order valence-electron chi connectivity index (χ0n) is 15.2. The molecule has 0 amide bonds. The van der Waals surface area contributed by atoms with Crippen LogP contribution in [-0.2, 0) is 17.8 Å². The lowest BCUT2D eigenvalue weighted by atomic mass is 9.97. The van der Waals surface area contributed by atoms with E-state index in [1.165, 1.54) is 0 Å². The molecule has 0 aromatic heterocycles. The van der Waals surface area contributed by atoms with Crippen molar-refractivity contribution in [1.82, 2.24) is 0 Å². The van der Waals surface area contributed by atoms with Crippen molar-refractivity contribution in [2.75, 3.05) is 19.8 Å². The van der Waals surface area contributed by atoms with Gasteiger partial charge in [0, 0.05) is 5.41 Å². The summed E-state index contributed by atoms with van der Waals surface area (Å²) >= 11 is 0. The van der Waals surface area contributed by atoms with E-state index in [1.54, 1.807) is 12.1 Å². The summed E-state index contributed by atoms with van der Waals surface area (Å²) in [6, 6.07) is 12.8. The lowest BCUT2D eigenvalue weighted by Gasteiger charge is -2.19. The Labute approximate surface area is 153 Å². The van der Waals surface area contributed by atoms with Crippen molar-refractivity contribution in [2.45, 2.75) is 26.9 Å². The smallest absolute Gasteiger partial charge is 0.335 e. The van der Waals surface area contributed by atoms with Gasteiger partial charge in [0.2, 0.25) is 0 Å². The Morgan fingerprint density at radius 1 is 1.04 bits per heavy atom. The molecule has 1 N–H and O–H groups in total. The molecule has 2 aromatic rings. The number of fused-ring (bicyclic) bond motifs is 1. The van der Waals surface area contributed by atoms with Gasteiger partial charge in [-0.2, -0.15) is 0 Å². The van der Waals surface area contributed by atoms with Crippen LogP contribution in [0.3, 0.4) is 0 Å². The summed E-state index contributed by atoms with van der Waals surface area (Å²) in [5.41, 5.74) is 2.38. The van der Waals surface area contributed by atoms with Crippen LogP contribution in [0.5, 0.6) is 11.5 Å². The van der Waals surface area contributed by atoms with E-state index >= 15 is 0 Å². The topological polar surface area (TPSA) is 65.0 Å². The summed E-state index contributed by atoms with van der Waals surface area (Å²) in [5.74, 6) is 0.629. The highest BCUT2D eigenvalue weighted by Gasteiger charge is 2.25. The van der Waals surface area contributed by atoms with Gasteiger partial charge in [-0.25, -0.2) is 4.79 Å². The van der Waals surface area contributed by atoms with E-state index in [0.717, 1.165) is 29.0 Å². The molecule has 0 saturated heterocycles. The van der Waals surface area contributed by atoms with Gasteiger partial charge in [0.15, 0.2) is 11.5 Å². The number of carboxylic acid groups (broad SMARTS) is 1. The molecule has 5 nitrogen and oxygen atoms in total. The lowest BCUT2D eigenvalue weighted by molar-refractivity contribution is 0.0697. The number of aromatic carboxylic acids is 1. The maximum atomic E-state index is 10.8. The molecule has 0 bridgehead atoms. The molecular formula is C21H24O5. The van der Waals surface area contributed by atoms with Crippen molar-refractivity contribution in [3.8, 4) is 11.5 Å². The Morgan fingerprint density at radius 2 is 1.69 bits per heavy atom. The van der Waals surface area contributed by atoms with Gasteiger partial charge in [-0.05, 0) is 41.8 Å². The van der Waals surface area contributed by atoms with E-state index in [1.807, 2.05) is 30.3 Å². The van der Waals surface area contributed by atoms with Crippen LogP contribution in [-0.4, -0.2) is 30.9 Å². The van der Waals surface area contributed by atoms with Crippen LogP contribution < -0.4 is 9.47 Å². The van der Waals surface area contributed by atoms with Crippen molar-refractivity contribution in [1.29, 1.82) is 0 Å². The monoisotopic (exact) mass is 356 g/mol. The first-order valence-electron chi connectivity index (χ1n) is 8.71. The van der Waals surface area contributed by atoms with Crippen molar-refractivity contribution in [2.24, 2.45) is 5.41 Å². The Kier molecular flexibility index (Phi) is 5.47. The minimum absolute atomic E-state index is 0.00806. The molecule has 3 rings (SSSR count). The van der Waals surface area contributed by atoms with Gasteiger partial charge in [0.1, 0.15) is 0 Å². The molecule has 1 aliphatic heterocycles. The highest BCUT2D eigenvalue weighted by molar-refractivity contribution is 5.87. The number of carbonyl (C=O) groups is 1. The van der Waals surface area contributed by atoms with Gasteiger partial charge in [-0.3, -0.25) is 0 Å². The summed E-state index contributed by atoms with van der Waals surface area (Å²) in [7, 11) is 0. The second-order valence-electron chi connectivity index (χ2n) is 7.33. The molecule has 0 fully saturated rings. The van der Waals surface area contributed by atoms with Gasteiger partial charge < -0.3 is 19.3 Å². The third kappa shape index (κ3) is 4.76. The number of benzene rings is 2. The fraction of sp³-hybridized carbons (Fsp3) is 0.381. The quantitative estimate of drug-likeness (QED) is 0.794. The van der Waals surface area contributed by atoms with Gasteiger partial charge >= 0.3 is 5.97 Å². The molecule has 138 valence electrons. The highest BCUT2D eigenvalue weighted by Crippen LogP contribution is 2.34. The first-order valence-corrected chi connectivity index (χ1v) is 8.71. The van der Waals surface area contributed by atoms with Crippen LogP contribution in [0.4, 0.5) is 0 Å².